The lowest BCUT2D eigenvalue weighted by Gasteiger charge is -1.91. The molecule has 0 spiro atoms. The fourth-order valence-corrected chi connectivity index (χ4v) is 1.02. The molecular weight excluding hydrogens is 194 g/mol. The lowest BCUT2D eigenvalue weighted by Crippen LogP contribution is -1.91. The van der Waals surface area contributed by atoms with Gasteiger partial charge in [-0.3, -0.25) is 4.98 Å². The lowest BCUT2D eigenvalue weighted by atomic mass is 10.2. The van der Waals surface area contributed by atoms with Crippen molar-refractivity contribution in [1.82, 2.24) is 4.98 Å². The number of benzene rings is 1. The molecule has 2 rings (SSSR count). The van der Waals surface area contributed by atoms with Crippen LogP contribution >= 0.6 is 0 Å². The van der Waals surface area contributed by atoms with Gasteiger partial charge in [0, 0.05) is 11.6 Å². The molecule has 0 atom stereocenters. The van der Waals surface area contributed by atoms with Crippen LogP contribution in [0.4, 0.5) is 4.79 Å². The van der Waals surface area contributed by atoms with Crippen LogP contribution < -0.4 is 0 Å². The zero-order valence-corrected chi connectivity index (χ0v) is 8.25. The Morgan fingerprint density at radius 1 is 1.27 bits per heavy atom. The lowest BCUT2D eigenvalue weighted by molar-refractivity contribution is 0.114. The third kappa shape index (κ3) is 3.64. The van der Waals surface area contributed by atoms with Crippen LogP contribution in [0.5, 0.6) is 0 Å². The van der Waals surface area contributed by atoms with Gasteiger partial charge in [-0.1, -0.05) is 24.3 Å². The summed E-state index contributed by atoms with van der Waals surface area (Å²) in [5, 5.41) is 8.70. The molecule has 0 aliphatic heterocycles. The van der Waals surface area contributed by atoms with E-state index < -0.39 is 6.16 Å². The SMILES string of the molecule is COC(=O)O.c1ccc2ncccc2c1. The fourth-order valence-electron chi connectivity index (χ4n) is 1.02. The quantitative estimate of drug-likeness (QED) is 0.671. The zero-order chi connectivity index (χ0) is 11.1. The second-order valence-electron chi connectivity index (χ2n) is 2.67. The van der Waals surface area contributed by atoms with Gasteiger partial charge in [0.15, 0.2) is 0 Å². The summed E-state index contributed by atoms with van der Waals surface area (Å²) in [7, 11) is 1.10. The van der Waals surface area contributed by atoms with E-state index in [4.69, 9.17) is 9.90 Å². The van der Waals surface area contributed by atoms with Gasteiger partial charge < -0.3 is 9.84 Å². The number of nitrogens with zero attached hydrogens (tertiary/aromatic N) is 1. The molecule has 0 radical (unpaired) electrons. The summed E-state index contributed by atoms with van der Waals surface area (Å²) >= 11 is 0. The predicted octanol–water partition coefficient (Wildman–Crippen LogP) is 2.55. The van der Waals surface area contributed by atoms with Gasteiger partial charge in [0.1, 0.15) is 0 Å². The van der Waals surface area contributed by atoms with Crippen molar-refractivity contribution < 1.29 is 14.6 Å². The van der Waals surface area contributed by atoms with Gasteiger partial charge in [0.25, 0.3) is 0 Å². The smallest absolute Gasteiger partial charge is 0.450 e. The number of carbonyl (C=O) groups is 1. The molecule has 0 amide bonds. The molecule has 4 heteroatoms. The van der Waals surface area contributed by atoms with Crippen molar-refractivity contribution in [3.05, 3.63) is 42.6 Å². The van der Waals surface area contributed by atoms with E-state index >= 15 is 0 Å². The zero-order valence-electron chi connectivity index (χ0n) is 8.25. The van der Waals surface area contributed by atoms with Crippen LogP contribution in [0, 0.1) is 0 Å². The largest absolute Gasteiger partial charge is 0.505 e. The van der Waals surface area contributed by atoms with Crippen LogP contribution in [-0.2, 0) is 4.74 Å². The Morgan fingerprint density at radius 2 is 1.87 bits per heavy atom. The first-order valence-electron chi connectivity index (χ1n) is 4.30. The normalized spacial score (nSPS) is 8.87. The van der Waals surface area contributed by atoms with E-state index in [1.54, 1.807) is 0 Å². The molecule has 0 unspecified atom stereocenters. The first-order valence-corrected chi connectivity index (χ1v) is 4.30. The third-order valence-electron chi connectivity index (χ3n) is 1.69. The second kappa shape index (κ2) is 5.59. The van der Waals surface area contributed by atoms with Crippen molar-refractivity contribution in [2.75, 3.05) is 7.11 Å². The van der Waals surface area contributed by atoms with Crippen LogP contribution in [0.15, 0.2) is 42.6 Å². The van der Waals surface area contributed by atoms with Crippen LogP contribution in [-0.4, -0.2) is 23.4 Å². The minimum absolute atomic E-state index is 1.06. The Labute approximate surface area is 87.1 Å². The summed E-state index contributed by atoms with van der Waals surface area (Å²) in [5.41, 5.74) is 1.06. The summed E-state index contributed by atoms with van der Waals surface area (Å²) in [6, 6.07) is 12.1. The van der Waals surface area contributed by atoms with Crippen LogP contribution in [0.3, 0.4) is 0 Å². The highest BCUT2D eigenvalue weighted by molar-refractivity contribution is 5.77. The van der Waals surface area contributed by atoms with E-state index in [0.29, 0.717) is 0 Å². The molecular formula is C11H11NO3. The van der Waals surface area contributed by atoms with Crippen molar-refractivity contribution in [3.8, 4) is 0 Å². The maximum atomic E-state index is 9.15. The van der Waals surface area contributed by atoms with Crippen molar-refractivity contribution in [3.63, 3.8) is 0 Å². The molecule has 78 valence electrons. The molecule has 0 aliphatic rings. The molecule has 0 aliphatic carbocycles. The van der Waals surface area contributed by atoms with E-state index in [2.05, 4.69) is 21.9 Å². The molecule has 4 nitrogen and oxygen atoms in total. The summed E-state index contributed by atoms with van der Waals surface area (Å²) in [5.74, 6) is 0. The molecule has 1 aromatic carbocycles. The van der Waals surface area contributed by atoms with E-state index in [-0.39, 0.29) is 0 Å². The van der Waals surface area contributed by atoms with Gasteiger partial charge in [-0.15, -0.1) is 0 Å². The van der Waals surface area contributed by atoms with Gasteiger partial charge >= 0.3 is 6.16 Å². The number of hydrogen-bond donors (Lipinski definition) is 1. The standard InChI is InChI=1S/C9H7N.C2H4O3/c1-2-6-9-8(4-1)5-3-7-10-9;1-5-2(3)4/h1-7H;1H3,(H,3,4). The minimum Gasteiger partial charge on any atom is -0.450 e. The van der Waals surface area contributed by atoms with Gasteiger partial charge in [0.05, 0.1) is 12.6 Å². The Balaban J connectivity index is 0.000000195. The monoisotopic (exact) mass is 205 g/mol. The molecule has 0 saturated carbocycles. The van der Waals surface area contributed by atoms with Gasteiger partial charge in [0.2, 0.25) is 0 Å². The molecule has 15 heavy (non-hydrogen) atoms. The molecule has 0 bridgehead atoms. The molecule has 1 N–H and O–H groups in total. The summed E-state index contributed by atoms with van der Waals surface area (Å²) in [4.78, 5) is 13.3. The predicted molar refractivity (Wildman–Crippen MR) is 56.8 cm³/mol. The Hall–Kier alpha value is -2.10. The fraction of sp³-hybridized carbons (Fsp3) is 0.0909. The number of rotatable bonds is 0. The van der Waals surface area contributed by atoms with Gasteiger partial charge in [-0.2, -0.15) is 0 Å². The van der Waals surface area contributed by atoms with Crippen molar-refractivity contribution in [1.29, 1.82) is 0 Å². The van der Waals surface area contributed by atoms with Crippen molar-refractivity contribution >= 4 is 17.1 Å². The molecule has 0 saturated heterocycles. The van der Waals surface area contributed by atoms with Crippen LogP contribution in [0.1, 0.15) is 0 Å². The van der Waals surface area contributed by atoms with E-state index in [9.17, 15) is 0 Å². The minimum atomic E-state index is -1.25. The Bertz CT molecular complexity index is 377. The van der Waals surface area contributed by atoms with Gasteiger partial charge in [-0.05, 0) is 12.1 Å². The number of carboxylic acid groups (broad SMARTS) is 1. The highest BCUT2D eigenvalue weighted by atomic mass is 16.6. The third-order valence-corrected chi connectivity index (χ3v) is 1.69. The average molecular weight is 205 g/mol. The molecule has 0 fully saturated rings. The molecule has 2 aromatic rings. The first kappa shape index (κ1) is 11.0. The number of methoxy groups -OCH3 is 1. The number of aromatic nitrogens is 1. The summed E-state index contributed by atoms with van der Waals surface area (Å²) < 4.78 is 3.67. The Morgan fingerprint density at radius 3 is 2.47 bits per heavy atom. The average Bonchev–Trinajstić information content (AvgIpc) is 2.30. The van der Waals surface area contributed by atoms with E-state index in [1.165, 1.54) is 5.39 Å². The van der Waals surface area contributed by atoms with Gasteiger partial charge in [-0.25, -0.2) is 4.79 Å². The maximum Gasteiger partial charge on any atom is 0.505 e. The Kier molecular flexibility index (Phi) is 4.09. The number of para-hydroxylation sites is 1. The number of pyridine rings is 1. The van der Waals surface area contributed by atoms with Crippen LogP contribution in [0.2, 0.25) is 0 Å². The molecule has 1 aromatic heterocycles. The number of ether oxygens (including phenoxy) is 1. The van der Waals surface area contributed by atoms with Crippen LogP contribution in [0.25, 0.3) is 10.9 Å². The van der Waals surface area contributed by atoms with E-state index in [0.717, 1.165) is 12.6 Å². The summed E-state index contributed by atoms with van der Waals surface area (Å²) in [6.07, 6.45) is 0.562. The maximum absolute atomic E-state index is 9.15. The molecule has 1 heterocycles. The number of fused-ring (bicyclic) bond motifs is 1. The highest BCUT2D eigenvalue weighted by Crippen LogP contribution is 2.07. The number of hydrogen-bond acceptors (Lipinski definition) is 3. The van der Waals surface area contributed by atoms with Crippen molar-refractivity contribution in [2.24, 2.45) is 0 Å². The second-order valence-corrected chi connectivity index (χ2v) is 2.67. The summed E-state index contributed by atoms with van der Waals surface area (Å²) in [6.45, 7) is 0. The highest BCUT2D eigenvalue weighted by Gasteiger charge is 1.86. The first-order chi connectivity index (χ1) is 7.24. The topological polar surface area (TPSA) is 59.4 Å². The van der Waals surface area contributed by atoms with E-state index in [1.807, 2.05) is 30.5 Å². The van der Waals surface area contributed by atoms with Crippen molar-refractivity contribution in [2.45, 2.75) is 0 Å².